The molecule has 0 unspecified atom stereocenters. The first-order valence-electron chi connectivity index (χ1n) is 14.1. The lowest BCUT2D eigenvalue weighted by Gasteiger charge is -2.11. The molecule has 1 heterocycles. The first kappa shape index (κ1) is 22.9. The molecule has 7 aromatic carbocycles. The minimum atomic E-state index is 0.684. The molecule has 0 bridgehead atoms. The van der Waals surface area contributed by atoms with Crippen molar-refractivity contribution >= 4 is 43.4 Å². The van der Waals surface area contributed by atoms with Crippen LogP contribution in [0.1, 0.15) is 5.56 Å². The van der Waals surface area contributed by atoms with E-state index in [1.54, 1.807) is 0 Å². The lowest BCUT2D eigenvalue weighted by molar-refractivity contribution is 1.32. The predicted octanol–water partition coefficient (Wildman–Crippen LogP) is 9.94. The van der Waals surface area contributed by atoms with Crippen molar-refractivity contribution in [1.29, 1.82) is 5.26 Å². The highest BCUT2D eigenvalue weighted by Crippen LogP contribution is 2.48. The molecule has 3 heteroatoms. The van der Waals surface area contributed by atoms with Gasteiger partial charge < -0.3 is 0 Å². The van der Waals surface area contributed by atoms with Crippen molar-refractivity contribution in [1.82, 2.24) is 9.97 Å². The maximum atomic E-state index is 9.22. The van der Waals surface area contributed by atoms with Gasteiger partial charge in [0.25, 0.3) is 0 Å². The Morgan fingerprint density at radius 2 is 1.00 bits per heavy atom. The van der Waals surface area contributed by atoms with Crippen LogP contribution in [0, 0.1) is 11.3 Å². The molecular weight excluding hydrogens is 510 g/mol. The van der Waals surface area contributed by atoms with Crippen LogP contribution < -0.4 is 0 Å². The molecule has 1 aliphatic carbocycles. The summed E-state index contributed by atoms with van der Waals surface area (Å²) in [4.78, 5) is 10.0. The van der Waals surface area contributed by atoms with Crippen molar-refractivity contribution in [3.05, 3.63) is 133 Å². The summed E-state index contributed by atoms with van der Waals surface area (Å²) < 4.78 is 0. The molecule has 0 N–H and O–H groups in total. The Morgan fingerprint density at radius 3 is 1.67 bits per heavy atom. The van der Waals surface area contributed by atoms with Gasteiger partial charge in [0.05, 0.1) is 34.1 Å². The van der Waals surface area contributed by atoms with E-state index in [0.717, 1.165) is 44.3 Å². The quantitative estimate of drug-likeness (QED) is 0.223. The van der Waals surface area contributed by atoms with E-state index in [1.165, 1.54) is 43.8 Å². The Hall–Kier alpha value is -5.85. The van der Waals surface area contributed by atoms with E-state index >= 15 is 0 Å². The number of benzene rings is 7. The number of hydrogen-bond acceptors (Lipinski definition) is 3. The zero-order chi connectivity index (χ0) is 27.8. The minimum Gasteiger partial charge on any atom is -0.244 e. The predicted molar refractivity (Wildman–Crippen MR) is 172 cm³/mol. The summed E-state index contributed by atoms with van der Waals surface area (Å²) in [6.07, 6.45) is 0. The standard InChI is InChI=1S/C39H21N3/c40-22-23-8-9-25-19-26(11-10-24(25)18-23)27-12-13-29-21-30(15-14-28(29)20-27)31-16-17-34-37-32(31)4-3-5-33(37)38-39(34)42-36-7-2-1-6-35(36)41-38/h1-21H. The van der Waals surface area contributed by atoms with E-state index in [0.29, 0.717) is 5.56 Å². The van der Waals surface area contributed by atoms with Gasteiger partial charge in [-0.05, 0) is 91.6 Å². The molecule has 0 fully saturated rings. The van der Waals surface area contributed by atoms with Gasteiger partial charge in [-0.25, -0.2) is 9.97 Å². The Labute approximate surface area is 242 Å². The van der Waals surface area contributed by atoms with Gasteiger partial charge >= 0.3 is 0 Å². The molecule has 0 saturated heterocycles. The van der Waals surface area contributed by atoms with Gasteiger partial charge in [0.2, 0.25) is 0 Å². The van der Waals surface area contributed by atoms with Crippen LogP contribution >= 0.6 is 0 Å². The van der Waals surface area contributed by atoms with Crippen molar-refractivity contribution in [2.45, 2.75) is 0 Å². The first-order valence-corrected chi connectivity index (χ1v) is 14.1. The molecule has 9 rings (SSSR count). The Morgan fingerprint density at radius 1 is 0.452 bits per heavy atom. The van der Waals surface area contributed by atoms with Crippen molar-refractivity contribution in [3.8, 4) is 50.8 Å². The third kappa shape index (κ3) is 3.33. The van der Waals surface area contributed by atoms with E-state index in [2.05, 4.69) is 91.0 Å². The summed E-state index contributed by atoms with van der Waals surface area (Å²) in [5.41, 5.74) is 11.5. The molecule has 192 valence electrons. The average Bonchev–Trinajstić information content (AvgIpc) is 3.36. The van der Waals surface area contributed by atoms with Gasteiger partial charge in [0.1, 0.15) is 0 Å². The number of para-hydroxylation sites is 2. The molecule has 3 nitrogen and oxygen atoms in total. The molecule has 8 aromatic rings. The normalized spacial score (nSPS) is 11.8. The number of nitrogens with zero attached hydrogens (tertiary/aromatic N) is 3. The van der Waals surface area contributed by atoms with Gasteiger partial charge in [0, 0.05) is 16.5 Å². The summed E-state index contributed by atoms with van der Waals surface area (Å²) in [7, 11) is 0. The van der Waals surface area contributed by atoms with Gasteiger partial charge in [-0.15, -0.1) is 0 Å². The van der Waals surface area contributed by atoms with Crippen LogP contribution in [-0.4, -0.2) is 9.97 Å². The van der Waals surface area contributed by atoms with Crippen LogP contribution in [0.3, 0.4) is 0 Å². The van der Waals surface area contributed by atoms with Crippen LogP contribution in [0.25, 0.3) is 88.1 Å². The highest BCUT2D eigenvalue weighted by molar-refractivity contribution is 6.18. The maximum Gasteiger partial charge on any atom is 0.0991 e. The largest absolute Gasteiger partial charge is 0.244 e. The Bertz CT molecular complexity index is 2430. The van der Waals surface area contributed by atoms with Crippen molar-refractivity contribution in [2.75, 3.05) is 0 Å². The highest BCUT2D eigenvalue weighted by Gasteiger charge is 2.26. The summed E-state index contributed by atoms with van der Waals surface area (Å²) in [5, 5.41) is 16.3. The average molecular weight is 532 g/mol. The molecule has 1 aromatic heterocycles. The monoisotopic (exact) mass is 531 g/mol. The lowest BCUT2D eigenvalue weighted by Crippen LogP contribution is -1.89. The summed E-state index contributed by atoms with van der Waals surface area (Å²) >= 11 is 0. The van der Waals surface area contributed by atoms with Crippen molar-refractivity contribution < 1.29 is 0 Å². The summed E-state index contributed by atoms with van der Waals surface area (Å²) in [5.74, 6) is 0. The van der Waals surface area contributed by atoms with Crippen LogP contribution in [0.15, 0.2) is 127 Å². The van der Waals surface area contributed by atoms with E-state index in [1.807, 2.05) is 42.5 Å². The zero-order valence-electron chi connectivity index (χ0n) is 22.5. The van der Waals surface area contributed by atoms with Crippen LogP contribution in [-0.2, 0) is 0 Å². The number of fused-ring (bicyclic) bond motifs is 6. The molecule has 0 saturated carbocycles. The topological polar surface area (TPSA) is 49.6 Å². The van der Waals surface area contributed by atoms with Gasteiger partial charge in [-0.3, -0.25) is 0 Å². The van der Waals surface area contributed by atoms with Crippen LogP contribution in [0.5, 0.6) is 0 Å². The van der Waals surface area contributed by atoms with Gasteiger partial charge in [-0.2, -0.15) is 5.26 Å². The third-order valence-corrected chi connectivity index (χ3v) is 8.58. The smallest absolute Gasteiger partial charge is 0.0991 e. The summed E-state index contributed by atoms with van der Waals surface area (Å²) in [6, 6.07) is 47.0. The Balaban J connectivity index is 1.14. The van der Waals surface area contributed by atoms with Crippen LogP contribution in [0.2, 0.25) is 0 Å². The SMILES string of the molecule is N#Cc1ccc2cc(-c3ccc4cc(-c5ccc6c7c(cccc57)-c5nc7ccccc7nc5-6)ccc4c3)ccc2c1. The minimum absolute atomic E-state index is 0.684. The fourth-order valence-electron chi connectivity index (χ4n) is 6.52. The summed E-state index contributed by atoms with van der Waals surface area (Å²) in [6.45, 7) is 0. The highest BCUT2D eigenvalue weighted by atomic mass is 14.8. The van der Waals surface area contributed by atoms with Crippen molar-refractivity contribution in [3.63, 3.8) is 0 Å². The third-order valence-electron chi connectivity index (χ3n) is 8.58. The van der Waals surface area contributed by atoms with E-state index in [4.69, 9.17) is 9.97 Å². The Kier molecular flexibility index (Phi) is 4.68. The van der Waals surface area contributed by atoms with Gasteiger partial charge in [0.15, 0.2) is 0 Å². The van der Waals surface area contributed by atoms with Crippen molar-refractivity contribution in [2.24, 2.45) is 0 Å². The first-order chi connectivity index (χ1) is 20.7. The molecular formula is C39H21N3. The molecule has 0 radical (unpaired) electrons. The maximum absolute atomic E-state index is 9.22. The van der Waals surface area contributed by atoms with E-state index in [9.17, 15) is 5.26 Å². The zero-order valence-corrected chi connectivity index (χ0v) is 22.5. The number of rotatable bonds is 2. The molecule has 42 heavy (non-hydrogen) atoms. The number of nitriles is 1. The van der Waals surface area contributed by atoms with E-state index < -0.39 is 0 Å². The number of hydrogen-bond donors (Lipinski definition) is 0. The molecule has 0 amide bonds. The van der Waals surface area contributed by atoms with Gasteiger partial charge in [-0.1, -0.05) is 84.9 Å². The molecule has 1 aliphatic rings. The second kappa shape index (κ2) is 8.57. The van der Waals surface area contributed by atoms with E-state index in [-0.39, 0.29) is 0 Å². The molecule has 0 spiro atoms. The molecule has 0 aliphatic heterocycles. The lowest BCUT2D eigenvalue weighted by atomic mass is 9.92. The number of aromatic nitrogens is 2. The molecule has 0 atom stereocenters. The second-order valence-corrected chi connectivity index (χ2v) is 11.0. The fourth-order valence-corrected chi connectivity index (χ4v) is 6.52. The van der Waals surface area contributed by atoms with Crippen LogP contribution in [0.4, 0.5) is 0 Å². The second-order valence-electron chi connectivity index (χ2n) is 11.0. The fraction of sp³-hybridized carbons (Fsp3) is 0.